The van der Waals surface area contributed by atoms with Gasteiger partial charge >= 0.3 is 0 Å². The second kappa shape index (κ2) is 9.02. The largest absolute Gasteiger partial charge is 0.505 e. The molecule has 2 heterocycles. The van der Waals surface area contributed by atoms with Crippen LogP contribution in [0.2, 0.25) is 0 Å². The lowest BCUT2D eigenvalue weighted by molar-refractivity contribution is 0.111. The third-order valence-electron chi connectivity index (χ3n) is 2.21. The molecule has 0 aromatic carbocycles. The Balaban J connectivity index is 0.000000392. The van der Waals surface area contributed by atoms with Gasteiger partial charge in [0.05, 0.1) is 17.9 Å². The average Bonchev–Trinajstić information content (AvgIpc) is 2.44. The molecule has 0 atom stereocenters. The highest BCUT2D eigenvalue weighted by Gasteiger charge is 2.09. The fourth-order valence-corrected chi connectivity index (χ4v) is 1.22. The maximum absolute atomic E-state index is 10.5. The van der Waals surface area contributed by atoms with Crippen LogP contribution in [0.15, 0.2) is 36.8 Å². The molecular formula is C13H15ClN2O3. The van der Waals surface area contributed by atoms with Crippen LogP contribution >= 0.6 is 12.4 Å². The van der Waals surface area contributed by atoms with Gasteiger partial charge in [-0.3, -0.25) is 14.8 Å². The molecule has 0 amide bonds. The van der Waals surface area contributed by atoms with Crippen molar-refractivity contribution in [3.8, 4) is 5.75 Å². The van der Waals surface area contributed by atoms with E-state index in [1.54, 1.807) is 19.3 Å². The van der Waals surface area contributed by atoms with Gasteiger partial charge in [0.25, 0.3) is 0 Å². The molecule has 0 fully saturated rings. The number of aryl methyl sites for hydroxylation is 1. The second-order valence-electron chi connectivity index (χ2n) is 3.43. The molecule has 102 valence electrons. The van der Waals surface area contributed by atoms with Crippen LogP contribution in [0.4, 0.5) is 0 Å². The van der Waals surface area contributed by atoms with Crippen molar-refractivity contribution < 1.29 is 15.0 Å². The molecule has 0 bridgehead atoms. The van der Waals surface area contributed by atoms with E-state index in [-0.39, 0.29) is 30.3 Å². The molecule has 0 saturated carbocycles. The Labute approximate surface area is 117 Å². The molecule has 0 unspecified atom stereocenters. The zero-order valence-electron chi connectivity index (χ0n) is 10.4. The fraction of sp³-hybridized carbons (Fsp3) is 0.154. The van der Waals surface area contributed by atoms with Crippen molar-refractivity contribution in [2.24, 2.45) is 0 Å². The van der Waals surface area contributed by atoms with Crippen LogP contribution in [0, 0.1) is 6.92 Å². The number of hydrogen-bond donors (Lipinski definition) is 2. The number of hydrogen-bond acceptors (Lipinski definition) is 5. The summed E-state index contributed by atoms with van der Waals surface area (Å²) in [6, 6.07) is 5.72. The van der Waals surface area contributed by atoms with Crippen LogP contribution in [0.25, 0.3) is 0 Å². The Morgan fingerprint density at radius 2 is 1.89 bits per heavy atom. The summed E-state index contributed by atoms with van der Waals surface area (Å²) in [5, 5.41) is 18.1. The standard InChI is InChI=1S/C8H9NO3.C5H5N.ClH/c1-5-8(12)7(4-11)6(3-10)2-9-5;1-2-4-6-5-3-1;/h2,4,10,12H,3H2,1H3;1-5H;1H. The number of carbonyl (C=O) groups is 1. The van der Waals surface area contributed by atoms with Gasteiger partial charge in [0.1, 0.15) is 5.75 Å². The molecule has 0 saturated heterocycles. The average molecular weight is 283 g/mol. The maximum Gasteiger partial charge on any atom is 0.154 e. The quantitative estimate of drug-likeness (QED) is 0.822. The van der Waals surface area contributed by atoms with Crippen molar-refractivity contribution >= 4 is 18.7 Å². The van der Waals surface area contributed by atoms with Crippen molar-refractivity contribution in [3.05, 3.63) is 53.6 Å². The zero-order valence-corrected chi connectivity index (χ0v) is 11.2. The molecule has 0 radical (unpaired) electrons. The summed E-state index contributed by atoms with van der Waals surface area (Å²) in [6.07, 6.45) is 5.38. The van der Waals surface area contributed by atoms with E-state index in [2.05, 4.69) is 9.97 Å². The van der Waals surface area contributed by atoms with Gasteiger partial charge in [0.2, 0.25) is 0 Å². The number of halogens is 1. The van der Waals surface area contributed by atoms with Crippen molar-refractivity contribution in [1.82, 2.24) is 9.97 Å². The molecule has 6 heteroatoms. The second-order valence-corrected chi connectivity index (χ2v) is 3.43. The number of aromatic hydroxyl groups is 1. The lowest BCUT2D eigenvalue weighted by atomic mass is 10.1. The summed E-state index contributed by atoms with van der Waals surface area (Å²) in [4.78, 5) is 18.0. The lowest BCUT2D eigenvalue weighted by Gasteiger charge is -2.04. The van der Waals surface area contributed by atoms with Crippen LogP contribution in [0.3, 0.4) is 0 Å². The zero-order chi connectivity index (χ0) is 13.4. The number of nitrogens with zero attached hydrogens (tertiary/aromatic N) is 2. The van der Waals surface area contributed by atoms with Crippen molar-refractivity contribution in [2.75, 3.05) is 0 Å². The number of rotatable bonds is 2. The van der Waals surface area contributed by atoms with E-state index in [9.17, 15) is 9.90 Å². The monoisotopic (exact) mass is 282 g/mol. The number of carbonyl (C=O) groups excluding carboxylic acids is 1. The third-order valence-corrected chi connectivity index (χ3v) is 2.21. The molecule has 0 aliphatic heterocycles. The van der Waals surface area contributed by atoms with E-state index in [4.69, 9.17) is 5.11 Å². The Bertz CT molecular complexity index is 480. The first-order chi connectivity index (χ1) is 8.70. The summed E-state index contributed by atoms with van der Waals surface area (Å²) in [5.74, 6) is -0.156. The van der Waals surface area contributed by atoms with Crippen LogP contribution in [0.5, 0.6) is 5.75 Å². The fourth-order valence-electron chi connectivity index (χ4n) is 1.22. The first-order valence-corrected chi connectivity index (χ1v) is 5.29. The molecule has 2 N–H and O–H groups in total. The molecule has 2 aromatic heterocycles. The number of aliphatic hydroxyl groups is 1. The minimum Gasteiger partial charge on any atom is -0.505 e. The van der Waals surface area contributed by atoms with Gasteiger partial charge in [-0.15, -0.1) is 12.4 Å². The molecular weight excluding hydrogens is 268 g/mol. The van der Waals surface area contributed by atoms with Gasteiger partial charge in [0, 0.05) is 24.2 Å². The smallest absolute Gasteiger partial charge is 0.154 e. The predicted molar refractivity (Wildman–Crippen MR) is 73.4 cm³/mol. The minimum atomic E-state index is -0.297. The Morgan fingerprint density at radius 1 is 1.26 bits per heavy atom. The van der Waals surface area contributed by atoms with Crippen molar-refractivity contribution in [2.45, 2.75) is 13.5 Å². The van der Waals surface area contributed by atoms with Gasteiger partial charge in [-0.2, -0.15) is 0 Å². The van der Waals surface area contributed by atoms with Gasteiger partial charge in [-0.25, -0.2) is 0 Å². The van der Waals surface area contributed by atoms with Gasteiger partial charge in [-0.05, 0) is 19.1 Å². The molecule has 2 rings (SSSR count). The third kappa shape index (κ3) is 5.03. The summed E-state index contributed by atoms with van der Waals surface area (Å²) in [7, 11) is 0. The molecule has 0 aliphatic carbocycles. The number of aldehydes is 1. The highest BCUT2D eigenvalue weighted by atomic mass is 35.5. The Kier molecular flexibility index (Phi) is 8.08. The summed E-state index contributed by atoms with van der Waals surface area (Å²) < 4.78 is 0. The SMILES string of the molecule is Cc1ncc(CO)c(C=O)c1O.Cl.c1ccncc1. The predicted octanol–water partition coefficient (Wildman–Crippen LogP) is 1.90. The van der Waals surface area contributed by atoms with Crippen molar-refractivity contribution in [3.63, 3.8) is 0 Å². The molecule has 19 heavy (non-hydrogen) atoms. The number of aromatic nitrogens is 2. The molecule has 0 aliphatic rings. The highest BCUT2D eigenvalue weighted by Crippen LogP contribution is 2.21. The molecule has 2 aromatic rings. The number of aliphatic hydroxyl groups excluding tert-OH is 1. The van der Waals surface area contributed by atoms with Gasteiger partial charge < -0.3 is 10.2 Å². The van der Waals surface area contributed by atoms with E-state index in [0.717, 1.165) is 0 Å². The van der Waals surface area contributed by atoms with E-state index in [0.29, 0.717) is 17.5 Å². The van der Waals surface area contributed by atoms with E-state index in [1.165, 1.54) is 6.20 Å². The first-order valence-electron chi connectivity index (χ1n) is 5.29. The van der Waals surface area contributed by atoms with Crippen LogP contribution in [-0.4, -0.2) is 26.5 Å². The van der Waals surface area contributed by atoms with E-state index < -0.39 is 0 Å². The topological polar surface area (TPSA) is 83.3 Å². The van der Waals surface area contributed by atoms with Gasteiger partial charge in [-0.1, -0.05) is 6.07 Å². The summed E-state index contributed by atoms with van der Waals surface area (Å²) in [5.41, 5.74) is 0.840. The maximum atomic E-state index is 10.5. The lowest BCUT2D eigenvalue weighted by Crippen LogP contribution is -1.96. The number of pyridine rings is 2. The minimum absolute atomic E-state index is 0. The summed E-state index contributed by atoms with van der Waals surface area (Å²) >= 11 is 0. The Morgan fingerprint density at radius 3 is 2.26 bits per heavy atom. The Hall–Kier alpha value is -1.98. The van der Waals surface area contributed by atoms with E-state index >= 15 is 0 Å². The molecule has 0 spiro atoms. The van der Waals surface area contributed by atoms with Crippen LogP contribution in [0.1, 0.15) is 21.6 Å². The summed E-state index contributed by atoms with van der Waals surface area (Å²) in [6.45, 7) is 1.29. The van der Waals surface area contributed by atoms with Crippen LogP contribution < -0.4 is 0 Å². The van der Waals surface area contributed by atoms with E-state index in [1.807, 2.05) is 18.2 Å². The van der Waals surface area contributed by atoms with Gasteiger partial charge in [0.15, 0.2) is 6.29 Å². The highest BCUT2D eigenvalue weighted by molar-refractivity contribution is 5.85. The first kappa shape index (κ1) is 17.0. The van der Waals surface area contributed by atoms with Crippen LogP contribution in [-0.2, 0) is 6.61 Å². The normalized spacial score (nSPS) is 8.74. The van der Waals surface area contributed by atoms with Crippen molar-refractivity contribution in [1.29, 1.82) is 0 Å². The molecule has 5 nitrogen and oxygen atoms in total.